The first-order chi connectivity index (χ1) is 4.81. The standard InChI is InChI=1S/C5H12N2O.C2H6/c1-6-4-3-5(8)7-2;1-2/h6H,3-4H2,1-2H3,(H,7,8);1-2H3. The monoisotopic (exact) mass is 146 g/mol. The lowest BCUT2D eigenvalue weighted by molar-refractivity contribution is -0.120. The topological polar surface area (TPSA) is 41.1 Å². The summed E-state index contributed by atoms with van der Waals surface area (Å²) in [5.74, 6) is 0.0827. The lowest BCUT2D eigenvalue weighted by Crippen LogP contribution is -2.22. The second-order valence-electron chi connectivity index (χ2n) is 1.53. The molecule has 0 rings (SSSR count). The molecule has 0 saturated heterocycles. The van der Waals surface area contributed by atoms with Gasteiger partial charge in [-0.25, -0.2) is 0 Å². The Bertz CT molecular complexity index is 74.0. The van der Waals surface area contributed by atoms with Crippen LogP contribution in [-0.2, 0) is 4.79 Å². The fraction of sp³-hybridized carbons (Fsp3) is 0.857. The van der Waals surface area contributed by atoms with E-state index in [4.69, 9.17) is 0 Å². The minimum Gasteiger partial charge on any atom is -0.359 e. The van der Waals surface area contributed by atoms with Gasteiger partial charge in [-0.2, -0.15) is 0 Å². The van der Waals surface area contributed by atoms with Gasteiger partial charge in [0, 0.05) is 20.0 Å². The molecule has 0 aliphatic heterocycles. The SMILES string of the molecule is CC.CNCCC(=O)NC. The minimum atomic E-state index is 0.0827. The Morgan fingerprint density at radius 3 is 2.10 bits per heavy atom. The summed E-state index contributed by atoms with van der Waals surface area (Å²) in [6, 6.07) is 0. The van der Waals surface area contributed by atoms with Crippen LogP contribution in [0.15, 0.2) is 0 Å². The average molecular weight is 146 g/mol. The summed E-state index contributed by atoms with van der Waals surface area (Å²) >= 11 is 0. The Morgan fingerprint density at radius 2 is 1.80 bits per heavy atom. The lowest BCUT2D eigenvalue weighted by Gasteiger charge is -1.95. The van der Waals surface area contributed by atoms with Crippen LogP contribution in [0.3, 0.4) is 0 Å². The molecule has 0 atom stereocenters. The zero-order chi connectivity index (χ0) is 8.41. The number of rotatable bonds is 3. The Hall–Kier alpha value is -0.570. The first kappa shape index (κ1) is 12.1. The fourth-order valence-corrected chi connectivity index (χ4v) is 0.364. The molecule has 3 nitrogen and oxygen atoms in total. The van der Waals surface area contributed by atoms with Gasteiger partial charge in [0.2, 0.25) is 5.91 Å². The van der Waals surface area contributed by atoms with Gasteiger partial charge in [0.15, 0.2) is 0 Å². The van der Waals surface area contributed by atoms with Crippen LogP contribution < -0.4 is 10.6 Å². The third-order valence-electron chi connectivity index (χ3n) is 0.881. The molecule has 0 aromatic rings. The van der Waals surface area contributed by atoms with Crippen molar-refractivity contribution in [3.63, 3.8) is 0 Å². The Morgan fingerprint density at radius 1 is 1.30 bits per heavy atom. The van der Waals surface area contributed by atoms with E-state index in [1.54, 1.807) is 7.05 Å². The zero-order valence-corrected chi connectivity index (χ0v) is 7.32. The number of amides is 1. The smallest absolute Gasteiger partial charge is 0.221 e. The van der Waals surface area contributed by atoms with Crippen molar-refractivity contribution >= 4 is 5.91 Å². The van der Waals surface area contributed by atoms with Crippen LogP contribution in [0.5, 0.6) is 0 Å². The molecule has 0 spiro atoms. The summed E-state index contributed by atoms with van der Waals surface area (Å²) in [5, 5.41) is 5.39. The van der Waals surface area contributed by atoms with Crippen LogP contribution in [-0.4, -0.2) is 26.5 Å². The first-order valence-electron chi connectivity index (χ1n) is 3.66. The Labute approximate surface area is 63.2 Å². The molecule has 0 bridgehead atoms. The molecule has 0 fully saturated rings. The molecule has 3 heteroatoms. The molecule has 0 aliphatic rings. The highest BCUT2D eigenvalue weighted by Gasteiger charge is 1.92. The quantitative estimate of drug-likeness (QED) is 0.604. The van der Waals surface area contributed by atoms with E-state index in [1.807, 2.05) is 20.9 Å². The molecule has 0 saturated carbocycles. The van der Waals surface area contributed by atoms with Crippen LogP contribution in [0, 0.1) is 0 Å². The van der Waals surface area contributed by atoms with Gasteiger partial charge in [0.1, 0.15) is 0 Å². The molecular weight excluding hydrogens is 128 g/mol. The van der Waals surface area contributed by atoms with E-state index in [0.29, 0.717) is 6.42 Å². The molecule has 1 amide bonds. The van der Waals surface area contributed by atoms with Gasteiger partial charge in [-0.15, -0.1) is 0 Å². The summed E-state index contributed by atoms with van der Waals surface area (Å²) in [7, 11) is 3.46. The summed E-state index contributed by atoms with van der Waals surface area (Å²) < 4.78 is 0. The van der Waals surface area contributed by atoms with Crippen LogP contribution in [0.2, 0.25) is 0 Å². The van der Waals surface area contributed by atoms with Gasteiger partial charge < -0.3 is 10.6 Å². The Kier molecular flexibility index (Phi) is 13.7. The summed E-state index contributed by atoms with van der Waals surface area (Å²) in [5.41, 5.74) is 0. The highest BCUT2D eigenvalue weighted by Crippen LogP contribution is 1.71. The van der Waals surface area contributed by atoms with Gasteiger partial charge in [0.25, 0.3) is 0 Å². The molecule has 62 valence electrons. The fourth-order valence-electron chi connectivity index (χ4n) is 0.364. The van der Waals surface area contributed by atoms with Crippen molar-refractivity contribution in [1.29, 1.82) is 0 Å². The second-order valence-corrected chi connectivity index (χ2v) is 1.53. The number of hydrogen-bond acceptors (Lipinski definition) is 2. The minimum absolute atomic E-state index is 0.0827. The molecule has 0 unspecified atom stereocenters. The van der Waals surface area contributed by atoms with Gasteiger partial charge in [-0.05, 0) is 7.05 Å². The van der Waals surface area contributed by atoms with Crippen molar-refractivity contribution in [1.82, 2.24) is 10.6 Å². The van der Waals surface area contributed by atoms with Crippen molar-refractivity contribution in [3.05, 3.63) is 0 Å². The number of hydrogen-bond donors (Lipinski definition) is 2. The van der Waals surface area contributed by atoms with Gasteiger partial charge in [-0.1, -0.05) is 13.8 Å². The lowest BCUT2D eigenvalue weighted by atomic mass is 10.4. The maximum atomic E-state index is 10.4. The molecule has 2 N–H and O–H groups in total. The van der Waals surface area contributed by atoms with Crippen molar-refractivity contribution in [2.75, 3.05) is 20.6 Å². The maximum absolute atomic E-state index is 10.4. The van der Waals surface area contributed by atoms with Crippen molar-refractivity contribution in [3.8, 4) is 0 Å². The van der Waals surface area contributed by atoms with Crippen molar-refractivity contribution in [2.24, 2.45) is 0 Å². The largest absolute Gasteiger partial charge is 0.359 e. The van der Waals surface area contributed by atoms with Gasteiger partial charge >= 0.3 is 0 Å². The molecule has 0 aromatic carbocycles. The van der Waals surface area contributed by atoms with Crippen molar-refractivity contribution < 1.29 is 4.79 Å². The average Bonchev–Trinajstić information content (AvgIpc) is 2.04. The van der Waals surface area contributed by atoms with E-state index in [0.717, 1.165) is 6.54 Å². The number of carbonyl (C=O) groups is 1. The number of carbonyl (C=O) groups excluding carboxylic acids is 1. The van der Waals surface area contributed by atoms with Crippen LogP contribution in [0.1, 0.15) is 20.3 Å². The third kappa shape index (κ3) is 10.4. The summed E-state index contributed by atoms with van der Waals surface area (Å²) in [6.45, 7) is 4.75. The van der Waals surface area contributed by atoms with E-state index in [1.165, 1.54) is 0 Å². The highest BCUT2D eigenvalue weighted by atomic mass is 16.1. The van der Waals surface area contributed by atoms with Gasteiger partial charge in [0.05, 0.1) is 0 Å². The van der Waals surface area contributed by atoms with Crippen LogP contribution >= 0.6 is 0 Å². The summed E-state index contributed by atoms with van der Waals surface area (Å²) in [6.07, 6.45) is 0.562. The van der Waals surface area contributed by atoms with Gasteiger partial charge in [-0.3, -0.25) is 4.79 Å². The van der Waals surface area contributed by atoms with E-state index >= 15 is 0 Å². The van der Waals surface area contributed by atoms with E-state index < -0.39 is 0 Å². The first-order valence-corrected chi connectivity index (χ1v) is 3.66. The molecule has 0 aliphatic carbocycles. The predicted molar refractivity (Wildman–Crippen MR) is 44.0 cm³/mol. The maximum Gasteiger partial charge on any atom is 0.221 e. The molecule has 0 aromatic heterocycles. The molecule has 0 heterocycles. The van der Waals surface area contributed by atoms with Crippen LogP contribution in [0.4, 0.5) is 0 Å². The van der Waals surface area contributed by atoms with E-state index in [9.17, 15) is 4.79 Å². The predicted octanol–water partition coefficient (Wildman–Crippen LogP) is 0.368. The zero-order valence-electron chi connectivity index (χ0n) is 7.32. The van der Waals surface area contributed by atoms with Crippen LogP contribution in [0.25, 0.3) is 0 Å². The third-order valence-corrected chi connectivity index (χ3v) is 0.881. The molecule has 0 radical (unpaired) electrons. The summed E-state index contributed by atoms with van der Waals surface area (Å²) in [4.78, 5) is 10.4. The molecule has 10 heavy (non-hydrogen) atoms. The highest BCUT2D eigenvalue weighted by molar-refractivity contribution is 5.75. The Balaban J connectivity index is 0. The molecular formula is C7H18N2O. The second kappa shape index (κ2) is 11.3. The number of nitrogens with one attached hydrogen (secondary N) is 2. The normalized spacial score (nSPS) is 7.60. The van der Waals surface area contributed by atoms with E-state index in [-0.39, 0.29) is 5.91 Å². The van der Waals surface area contributed by atoms with E-state index in [2.05, 4.69) is 10.6 Å². The van der Waals surface area contributed by atoms with Crippen molar-refractivity contribution in [2.45, 2.75) is 20.3 Å².